The third-order valence-corrected chi connectivity index (χ3v) is 10.5. The number of ether oxygens (including phenoxy) is 2. The number of allylic oxidation sites excluding steroid dienone is 10. The van der Waals surface area contributed by atoms with E-state index in [-0.39, 0.29) is 19.4 Å². The van der Waals surface area contributed by atoms with Gasteiger partial charge in [-0.3, -0.25) is 14.1 Å². The van der Waals surface area contributed by atoms with E-state index >= 15 is 0 Å². The molecule has 1 atom stereocenters. The molecule has 0 aromatic carbocycles. The van der Waals surface area contributed by atoms with Gasteiger partial charge in [0.05, 0.1) is 6.61 Å². The molecule has 0 aliphatic rings. The molecule has 0 radical (unpaired) electrons. The number of carbonyl (C=O) groups is 2. The van der Waals surface area contributed by atoms with Crippen molar-refractivity contribution in [1.29, 1.82) is 0 Å². The van der Waals surface area contributed by atoms with E-state index in [1.807, 2.05) is 0 Å². The summed E-state index contributed by atoms with van der Waals surface area (Å²) >= 11 is 0. The molecule has 0 spiro atoms. The third kappa shape index (κ3) is 46.4. The smallest absolute Gasteiger partial charge is 0.462 e. The molecule has 0 aliphatic heterocycles. The number of hydrogen-bond donors (Lipinski definition) is 2. The molecule has 0 saturated heterocycles. The van der Waals surface area contributed by atoms with Gasteiger partial charge < -0.3 is 19.3 Å². The molecule has 1 unspecified atom stereocenters. The van der Waals surface area contributed by atoms with Crippen molar-refractivity contribution < 1.29 is 37.9 Å². The van der Waals surface area contributed by atoms with Crippen molar-refractivity contribution in [1.82, 2.24) is 0 Å². The summed E-state index contributed by atoms with van der Waals surface area (Å²) in [6.07, 6.45) is 56.5. The molecule has 9 heteroatoms. The normalized spacial score (nSPS) is 13.0. The first-order valence-corrected chi connectivity index (χ1v) is 25.1. The van der Waals surface area contributed by atoms with Gasteiger partial charge >= 0.3 is 19.8 Å². The minimum atomic E-state index is -4.77. The van der Waals surface area contributed by atoms with Crippen molar-refractivity contribution in [3.63, 3.8) is 0 Å². The Kier molecular flexibility index (Phi) is 42.6. The highest BCUT2D eigenvalue weighted by molar-refractivity contribution is 7.46. The van der Waals surface area contributed by atoms with E-state index in [9.17, 15) is 14.2 Å². The van der Waals surface area contributed by atoms with Gasteiger partial charge in [0.25, 0.3) is 0 Å². The molecule has 0 rings (SSSR count). The molecule has 2 N–H and O–H groups in total. The summed E-state index contributed by atoms with van der Waals surface area (Å²) in [5.41, 5.74) is 0. The van der Waals surface area contributed by atoms with Crippen molar-refractivity contribution in [3.8, 4) is 0 Å². The number of phosphoric ester groups is 1. The van der Waals surface area contributed by atoms with E-state index < -0.39 is 32.5 Å². The van der Waals surface area contributed by atoms with Crippen LogP contribution in [0.3, 0.4) is 0 Å². The Morgan fingerprint density at radius 3 is 1.19 bits per heavy atom. The first-order chi connectivity index (χ1) is 28.3. The van der Waals surface area contributed by atoms with Gasteiger partial charge in [0.1, 0.15) is 6.61 Å². The molecule has 8 nitrogen and oxygen atoms in total. The minimum Gasteiger partial charge on any atom is -0.462 e. The molecule has 0 saturated carbocycles. The van der Waals surface area contributed by atoms with Crippen LogP contribution in [0, 0.1) is 0 Å². The summed E-state index contributed by atoms with van der Waals surface area (Å²) in [4.78, 5) is 43.0. The Bertz CT molecular complexity index is 1120. The zero-order valence-corrected chi connectivity index (χ0v) is 38.1. The van der Waals surface area contributed by atoms with E-state index in [0.717, 1.165) is 83.5 Å². The fourth-order valence-electron chi connectivity index (χ4n) is 6.47. The van der Waals surface area contributed by atoms with Crippen molar-refractivity contribution in [2.75, 3.05) is 13.2 Å². The lowest BCUT2D eigenvalue weighted by atomic mass is 10.1. The highest BCUT2D eigenvalue weighted by atomic mass is 31.2. The average molecular weight is 835 g/mol. The zero-order chi connectivity index (χ0) is 42.5. The third-order valence-electron chi connectivity index (χ3n) is 10.0. The second kappa shape index (κ2) is 44.3. The van der Waals surface area contributed by atoms with Crippen LogP contribution in [0.5, 0.6) is 0 Å². The minimum absolute atomic E-state index is 0.194. The highest BCUT2D eigenvalue weighted by Gasteiger charge is 2.23. The number of carbonyl (C=O) groups excluding carboxylic acids is 2. The van der Waals surface area contributed by atoms with Gasteiger partial charge in [0.15, 0.2) is 6.10 Å². The lowest BCUT2D eigenvalue weighted by Crippen LogP contribution is -2.29. The topological polar surface area (TPSA) is 119 Å². The number of rotatable bonds is 43. The fourth-order valence-corrected chi connectivity index (χ4v) is 6.83. The summed E-state index contributed by atoms with van der Waals surface area (Å²) in [5.74, 6) is -0.903. The first kappa shape index (κ1) is 55.8. The SMILES string of the molecule is CCCCC/C=C\C/C=C\C/C=C\CCCCCCCCC(=O)OC(COC(=O)CCCCCCCCCCC/C=C\C/C=C\CCCCCCC)COP(=O)(O)O. The van der Waals surface area contributed by atoms with Crippen LogP contribution in [0.25, 0.3) is 0 Å². The molecule has 0 heterocycles. The van der Waals surface area contributed by atoms with Gasteiger partial charge in [-0.2, -0.15) is 0 Å². The standard InChI is InChI=1S/C49H87O8P/c1-3-5-7-9-11-13-15-17-19-21-23-24-26-27-29-31-33-35-37-39-41-43-48(50)55-45-47(46-56-58(52,53)54)57-49(51)44-42-40-38-36-34-32-30-28-25-22-20-18-16-14-12-10-8-6-4-2/h12,14-15,17-18,20-21,23,25,28,47H,3-11,13,16,19,22,24,26-27,29-46H2,1-2H3,(H2,52,53,54)/b14-12-,17-15-,20-18-,23-21-,28-25-. The molecule has 336 valence electrons. The van der Waals surface area contributed by atoms with Crippen LogP contribution in [0.1, 0.15) is 219 Å². The summed E-state index contributed by atoms with van der Waals surface area (Å²) < 4.78 is 26.5. The maximum Gasteiger partial charge on any atom is 0.469 e. The fraction of sp³-hybridized carbons (Fsp3) is 0.755. The Labute approximate surface area is 356 Å². The summed E-state index contributed by atoms with van der Waals surface area (Å²) in [7, 11) is -4.77. The maximum atomic E-state index is 12.4. The van der Waals surface area contributed by atoms with Crippen molar-refractivity contribution in [2.24, 2.45) is 0 Å². The second-order valence-corrected chi connectivity index (χ2v) is 17.0. The zero-order valence-electron chi connectivity index (χ0n) is 37.2. The quantitative estimate of drug-likeness (QED) is 0.0270. The predicted octanol–water partition coefficient (Wildman–Crippen LogP) is 14.9. The predicted molar refractivity (Wildman–Crippen MR) is 244 cm³/mol. The van der Waals surface area contributed by atoms with Crippen LogP contribution in [0.2, 0.25) is 0 Å². The molecule has 0 aromatic heterocycles. The van der Waals surface area contributed by atoms with Crippen LogP contribution >= 0.6 is 7.82 Å². The Hall–Kier alpha value is -2.25. The van der Waals surface area contributed by atoms with E-state index in [2.05, 4.69) is 79.1 Å². The monoisotopic (exact) mass is 835 g/mol. The molecule has 0 amide bonds. The summed E-state index contributed by atoms with van der Waals surface area (Å²) in [6, 6.07) is 0. The lowest BCUT2D eigenvalue weighted by Gasteiger charge is -2.18. The number of unbranched alkanes of at least 4 members (excludes halogenated alkanes) is 23. The largest absolute Gasteiger partial charge is 0.469 e. The van der Waals surface area contributed by atoms with E-state index in [1.54, 1.807) is 0 Å². The molecule has 0 bridgehead atoms. The number of hydrogen-bond acceptors (Lipinski definition) is 6. The van der Waals surface area contributed by atoms with Gasteiger partial charge in [0.2, 0.25) is 0 Å². The molecule has 0 fully saturated rings. The van der Waals surface area contributed by atoms with Crippen LogP contribution in [-0.2, 0) is 28.2 Å². The highest BCUT2D eigenvalue weighted by Crippen LogP contribution is 2.36. The van der Waals surface area contributed by atoms with Gasteiger partial charge in [-0.15, -0.1) is 0 Å². The Morgan fingerprint density at radius 2 is 0.776 bits per heavy atom. The second-order valence-electron chi connectivity index (χ2n) is 15.7. The van der Waals surface area contributed by atoms with Gasteiger partial charge in [0, 0.05) is 12.8 Å². The van der Waals surface area contributed by atoms with Crippen molar-refractivity contribution >= 4 is 19.8 Å². The molecule has 0 aromatic rings. The summed E-state index contributed by atoms with van der Waals surface area (Å²) in [6.45, 7) is 3.65. The number of phosphoric acid groups is 1. The van der Waals surface area contributed by atoms with Crippen molar-refractivity contribution in [3.05, 3.63) is 60.8 Å². The maximum absolute atomic E-state index is 12.4. The molecular formula is C49H87O8P. The van der Waals surface area contributed by atoms with Crippen LogP contribution in [-0.4, -0.2) is 41.0 Å². The van der Waals surface area contributed by atoms with E-state index in [1.165, 1.54) is 96.3 Å². The summed E-state index contributed by atoms with van der Waals surface area (Å²) in [5, 5.41) is 0. The Balaban J connectivity index is 3.90. The number of esters is 2. The molecule has 0 aliphatic carbocycles. The first-order valence-electron chi connectivity index (χ1n) is 23.6. The van der Waals surface area contributed by atoms with Gasteiger partial charge in [-0.1, -0.05) is 184 Å². The van der Waals surface area contributed by atoms with E-state index in [4.69, 9.17) is 19.3 Å². The van der Waals surface area contributed by atoms with Crippen LogP contribution < -0.4 is 0 Å². The van der Waals surface area contributed by atoms with E-state index in [0.29, 0.717) is 12.8 Å². The molecular weight excluding hydrogens is 748 g/mol. The lowest BCUT2D eigenvalue weighted by molar-refractivity contribution is -0.161. The Morgan fingerprint density at radius 1 is 0.448 bits per heavy atom. The average Bonchev–Trinajstić information content (AvgIpc) is 3.20. The van der Waals surface area contributed by atoms with Gasteiger partial charge in [-0.25, -0.2) is 4.57 Å². The van der Waals surface area contributed by atoms with Crippen LogP contribution in [0.15, 0.2) is 60.8 Å². The van der Waals surface area contributed by atoms with Crippen LogP contribution in [0.4, 0.5) is 0 Å². The molecule has 58 heavy (non-hydrogen) atoms. The van der Waals surface area contributed by atoms with Gasteiger partial charge in [-0.05, 0) is 83.5 Å². The van der Waals surface area contributed by atoms with Crippen molar-refractivity contribution in [2.45, 2.75) is 225 Å².